The average molecular weight is 295 g/mol. The minimum Gasteiger partial charge on any atom is -0.0998 e. The van der Waals surface area contributed by atoms with Gasteiger partial charge in [0, 0.05) is 0 Å². The van der Waals surface area contributed by atoms with Crippen molar-refractivity contribution in [2.75, 3.05) is 0 Å². The lowest BCUT2D eigenvalue weighted by Gasteiger charge is -2.34. The first kappa shape index (κ1) is 20.7. The molecule has 0 aliphatic rings. The van der Waals surface area contributed by atoms with Crippen LogP contribution >= 0.6 is 0 Å². The Morgan fingerprint density at radius 3 is 1.90 bits per heavy atom. The number of unbranched alkanes of at least 4 members (excludes halogenated alkanes) is 1. The number of rotatable bonds is 11. The summed E-state index contributed by atoms with van der Waals surface area (Å²) in [6.45, 7) is 23.2. The van der Waals surface area contributed by atoms with Gasteiger partial charge in [0.05, 0.1) is 0 Å². The van der Waals surface area contributed by atoms with Crippen LogP contribution < -0.4 is 0 Å². The van der Waals surface area contributed by atoms with Crippen molar-refractivity contribution < 1.29 is 0 Å². The third-order valence-electron chi connectivity index (χ3n) is 5.38. The fourth-order valence-corrected chi connectivity index (χ4v) is 4.28. The maximum absolute atomic E-state index is 4.24. The highest BCUT2D eigenvalue weighted by Gasteiger charge is 2.27. The van der Waals surface area contributed by atoms with Crippen molar-refractivity contribution in [2.24, 2.45) is 35.5 Å². The van der Waals surface area contributed by atoms with Gasteiger partial charge in [-0.05, 0) is 55.3 Å². The van der Waals surface area contributed by atoms with Gasteiger partial charge >= 0.3 is 0 Å². The van der Waals surface area contributed by atoms with E-state index in [-0.39, 0.29) is 0 Å². The molecule has 126 valence electrons. The van der Waals surface area contributed by atoms with Crippen LogP contribution in [0.5, 0.6) is 0 Å². The van der Waals surface area contributed by atoms with E-state index in [4.69, 9.17) is 0 Å². The van der Waals surface area contributed by atoms with E-state index in [0.717, 1.165) is 23.7 Å². The zero-order chi connectivity index (χ0) is 16.6. The van der Waals surface area contributed by atoms with Crippen molar-refractivity contribution in [1.82, 2.24) is 0 Å². The van der Waals surface area contributed by atoms with Crippen LogP contribution in [0, 0.1) is 35.5 Å². The van der Waals surface area contributed by atoms with Crippen molar-refractivity contribution in [3.8, 4) is 0 Å². The van der Waals surface area contributed by atoms with E-state index < -0.39 is 0 Å². The van der Waals surface area contributed by atoms with Crippen LogP contribution in [0.15, 0.2) is 12.2 Å². The molecule has 0 saturated carbocycles. The molecule has 0 aromatic carbocycles. The van der Waals surface area contributed by atoms with E-state index in [1.165, 1.54) is 37.7 Å². The minimum absolute atomic E-state index is 0.671. The Kier molecular flexibility index (Phi) is 10.3. The molecule has 0 heteroatoms. The summed E-state index contributed by atoms with van der Waals surface area (Å²) in [7, 11) is 0. The molecule has 0 spiro atoms. The third-order valence-corrected chi connectivity index (χ3v) is 5.38. The first-order valence-electron chi connectivity index (χ1n) is 9.35. The summed E-state index contributed by atoms with van der Waals surface area (Å²) in [5.41, 5.74) is 1.37. The number of hydrogen-bond donors (Lipinski definition) is 0. The molecule has 0 saturated heterocycles. The molecule has 0 nitrogen and oxygen atoms in total. The lowest BCUT2D eigenvalue weighted by atomic mass is 9.72. The molecule has 0 bridgehead atoms. The molecule has 0 aromatic heterocycles. The standard InChI is InChI=1S/C21H42/c1-10-11-12-17(6)13-18(7)14-19(8)20(9)21(15(2)3)16(4)5/h16-21H,2,10-14H2,1,3-9H3. The Balaban J connectivity index is 4.38. The third kappa shape index (κ3) is 8.07. The van der Waals surface area contributed by atoms with E-state index in [1.54, 1.807) is 0 Å². The van der Waals surface area contributed by atoms with Gasteiger partial charge in [0.2, 0.25) is 0 Å². The molecule has 21 heavy (non-hydrogen) atoms. The summed E-state index contributed by atoms with van der Waals surface area (Å²) in [5.74, 6) is 4.67. The second-order valence-electron chi connectivity index (χ2n) is 8.28. The van der Waals surface area contributed by atoms with Gasteiger partial charge in [-0.1, -0.05) is 79.9 Å². The predicted molar refractivity (Wildman–Crippen MR) is 98.6 cm³/mol. The van der Waals surface area contributed by atoms with Gasteiger partial charge in [-0.15, -0.1) is 0 Å². The molecule has 0 N–H and O–H groups in total. The highest BCUT2D eigenvalue weighted by Crippen LogP contribution is 2.36. The smallest absolute Gasteiger partial charge is 0.0157 e. The zero-order valence-electron chi connectivity index (χ0n) is 16.2. The van der Waals surface area contributed by atoms with Crippen molar-refractivity contribution in [3.05, 3.63) is 12.2 Å². The normalized spacial score (nSPS) is 19.1. The summed E-state index contributed by atoms with van der Waals surface area (Å²) < 4.78 is 0. The largest absolute Gasteiger partial charge is 0.0998 e. The summed E-state index contributed by atoms with van der Waals surface area (Å²) >= 11 is 0. The SMILES string of the molecule is C=C(C)C(C(C)C)C(C)C(C)CC(C)CC(C)CCCC. The fourth-order valence-electron chi connectivity index (χ4n) is 4.28. The van der Waals surface area contributed by atoms with Crippen LogP contribution in [0.25, 0.3) is 0 Å². The molecular weight excluding hydrogens is 252 g/mol. The second kappa shape index (κ2) is 10.5. The van der Waals surface area contributed by atoms with Gasteiger partial charge in [0.25, 0.3) is 0 Å². The molecule has 0 aromatic rings. The van der Waals surface area contributed by atoms with Crippen LogP contribution in [-0.2, 0) is 0 Å². The first-order valence-corrected chi connectivity index (χ1v) is 9.35. The van der Waals surface area contributed by atoms with Crippen LogP contribution in [0.4, 0.5) is 0 Å². The van der Waals surface area contributed by atoms with E-state index >= 15 is 0 Å². The van der Waals surface area contributed by atoms with Gasteiger partial charge in [-0.3, -0.25) is 0 Å². The molecule has 0 fully saturated rings. The van der Waals surface area contributed by atoms with Crippen LogP contribution in [0.1, 0.15) is 87.5 Å². The maximum atomic E-state index is 4.24. The summed E-state index contributed by atoms with van der Waals surface area (Å²) in [6.07, 6.45) is 6.90. The van der Waals surface area contributed by atoms with E-state index in [0.29, 0.717) is 11.8 Å². The highest BCUT2D eigenvalue weighted by atomic mass is 14.3. The van der Waals surface area contributed by atoms with Crippen LogP contribution in [0.3, 0.4) is 0 Å². The topological polar surface area (TPSA) is 0 Å². The Hall–Kier alpha value is -0.260. The van der Waals surface area contributed by atoms with Crippen LogP contribution in [-0.4, -0.2) is 0 Å². The fraction of sp³-hybridized carbons (Fsp3) is 0.905. The molecule has 5 atom stereocenters. The van der Waals surface area contributed by atoms with E-state index in [2.05, 4.69) is 62.0 Å². The van der Waals surface area contributed by atoms with Gasteiger partial charge in [-0.2, -0.15) is 0 Å². The lowest BCUT2D eigenvalue weighted by molar-refractivity contribution is 0.201. The summed E-state index contributed by atoms with van der Waals surface area (Å²) in [5, 5.41) is 0. The molecule has 0 heterocycles. The van der Waals surface area contributed by atoms with Crippen LogP contribution in [0.2, 0.25) is 0 Å². The van der Waals surface area contributed by atoms with Crippen molar-refractivity contribution in [1.29, 1.82) is 0 Å². The maximum Gasteiger partial charge on any atom is -0.0157 e. The molecule has 5 unspecified atom stereocenters. The monoisotopic (exact) mass is 294 g/mol. The number of hydrogen-bond acceptors (Lipinski definition) is 0. The second-order valence-corrected chi connectivity index (χ2v) is 8.28. The molecular formula is C21H42. The van der Waals surface area contributed by atoms with E-state index in [9.17, 15) is 0 Å². The molecule has 0 amide bonds. The first-order chi connectivity index (χ1) is 9.70. The number of allylic oxidation sites excluding steroid dienone is 1. The minimum atomic E-state index is 0.671. The molecule has 0 aliphatic heterocycles. The van der Waals surface area contributed by atoms with Gasteiger partial charge in [0.15, 0.2) is 0 Å². The van der Waals surface area contributed by atoms with Gasteiger partial charge in [0.1, 0.15) is 0 Å². The quantitative estimate of drug-likeness (QED) is 0.349. The Bertz CT molecular complexity index is 276. The van der Waals surface area contributed by atoms with Crippen molar-refractivity contribution in [2.45, 2.75) is 87.5 Å². The Morgan fingerprint density at radius 1 is 0.905 bits per heavy atom. The predicted octanol–water partition coefficient (Wildman–Crippen LogP) is 7.35. The van der Waals surface area contributed by atoms with Crippen molar-refractivity contribution >= 4 is 0 Å². The highest BCUT2D eigenvalue weighted by molar-refractivity contribution is 5.00. The average Bonchev–Trinajstić information content (AvgIpc) is 2.34. The summed E-state index contributed by atoms with van der Waals surface area (Å²) in [4.78, 5) is 0. The Labute approximate surface area is 135 Å². The van der Waals surface area contributed by atoms with Gasteiger partial charge < -0.3 is 0 Å². The molecule has 0 radical (unpaired) electrons. The Morgan fingerprint density at radius 2 is 1.48 bits per heavy atom. The molecule has 0 aliphatic carbocycles. The summed E-state index contributed by atoms with van der Waals surface area (Å²) in [6, 6.07) is 0. The van der Waals surface area contributed by atoms with E-state index in [1.807, 2.05) is 0 Å². The molecule has 0 rings (SSSR count). The van der Waals surface area contributed by atoms with Crippen molar-refractivity contribution in [3.63, 3.8) is 0 Å². The lowest BCUT2D eigenvalue weighted by Crippen LogP contribution is -2.25. The zero-order valence-corrected chi connectivity index (χ0v) is 16.2. The van der Waals surface area contributed by atoms with Gasteiger partial charge in [-0.25, -0.2) is 0 Å².